The van der Waals surface area contributed by atoms with Crippen LogP contribution < -0.4 is 0 Å². The second-order valence-corrected chi connectivity index (χ2v) is 6.86. The van der Waals surface area contributed by atoms with E-state index in [2.05, 4.69) is 20.1 Å². The van der Waals surface area contributed by atoms with Crippen LogP contribution in [0.2, 0.25) is 0 Å². The van der Waals surface area contributed by atoms with Crippen molar-refractivity contribution in [2.45, 2.75) is 26.2 Å². The normalized spacial score (nSPS) is 17.1. The van der Waals surface area contributed by atoms with E-state index in [1.54, 1.807) is 18.5 Å². The summed E-state index contributed by atoms with van der Waals surface area (Å²) in [7, 11) is 0. The van der Waals surface area contributed by atoms with Crippen LogP contribution in [0, 0.1) is 12.8 Å². The molecule has 7 nitrogen and oxygen atoms in total. The van der Waals surface area contributed by atoms with Crippen molar-refractivity contribution in [1.29, 1.82) is 0 Å². The van der Waals surface area contributed by atoms with E-state index in [-0.39, 0.29) is 17.6 Å². The molecule has 2 aromatic heterocycles. The zero-order chi connectivity index (χ0) is 18.6. The van der Waals surface area contributed by atoms with E-state index >= 15 is 0 Å². The van der Waals surface area contributed by atoms with Gasteiger partial charge in [-0.3, -0.25) is 4.79 Å². The van der Waals surface area contributed by atoms with Gasteiger partial charge < -0.3 is 9.42 Å². The molecule has 1 fully saturated rings. The molecule has 1 aliphatic heterocycles. The number of piperidine rings is 1. The SMILES string of the molecule is Cc1ccccc1-c1noc(CC2CCCN(C(=O)c3ncccn3)C2)n1. The Hall–Kier alpha value is -3.09. The number of hydrogen-bond acceptors (Lipinski definition) is 6. The fourth-order valence-electron chi connectivity index (χ4n) is 3.49. The number of aromatic nitrogens is 4. The van der Waals surface area contributed by atoms with Crippen LogP contribution in [0.5, 0.6) is 0 Å². The molecule has 0 spiro atoms. The van der Waals surface area contributed by atoms with E-state index in [1.165, 1.54) is 0 Å². The molecule has 0 radical (unpaired) electrons. The Labute approximate surface area is 157 Å². The molecule has 1 aliphatic rings. The topological polar surface area (TPSA) is 85.0 Å². The molecule has 3 heterocycles. The van der Waals surface area contributed by atoms with Gasteiger partial charge in [-0.15, -0.1) is 0 Å². The Kier molecular flexibility index (Phi) is 4.91. The highest BCUT2D eigenvalue weighted by Crippen LogP contribution is 2.24. The average molecular weight is 363 g/mol. The van der Waals surface area contributed by atoms with Gasteiger partial charge in [0.15, 0.2) is 0 Å². The van der Waals surface area contributed by atoms with Crippen LogP contribution in [0.1, 0.15) is 34.9 Å². The van der Waals surface area contributed by atoms with Crippen molar-refractivity contribution in [3.05, 3.63) is 60.0 Å². The van der Waals surface area contributed by atoms with Gasteiger partial charge in [-0.2, -0.15) is 4.98 Å². The lowest BCUT2D eigenvalue weighted by Crippen LogP contribution is -2.41. The molecule has 0 bridgehead atoms. The molecule has 0 saturated carbocycles. The number of nitrogens with zero attached hydrogens (tertiary/aromatic N) is 5. The minimum atomic E-state index is -0.119. The minimum Gasteiger partial charge on any atom is -0.339 e. The zero-order valence-corrected chi connectivity index (χ0v) is 15.2. The first-order chi connectivity index (χ1) is 13.2. The lowest BCUT2D eigenvalue weighted by Gasteiger charge is -2.31. The molecule has 3 aromatic rings. The van der Waals surface area contributed by atoms with Gasteiger partial charge in [-0.25, -0.2) is 9.97 Å². The van der Waals surface area contributed by atoms with E-state index in [4.69, 9.17) is 4.52 Å². The van der Waals surface area contributed by atoms with E-state index < -0.39 is 0 Å². The number of rotatable bonds is 4. The van der Waals surface area contributed by atoms with Crippen molar-refractivity contribution in [3.8, 4) is 11.4 Å². The molecular weight excluding hydrogens is 342 g/mol. The number of amides is 1. The Morgan fingerprint density at radius 1 is 1.22 bits per heavy atom. The average Bonchev–Trinajstić information content (AvgIpc) is 3.17. The van der Waals surface area contributed by atoms with Gasteiger partial charge in [0.05, 0.1) is 0 Å². The van der Waals surface area contributed by atoms with Gasteiger partial charge in [-0.1, -0.05) is 29.4 Å². The Morgan fingerprint density at radius 2 is 2.04 bits per heavy atom. The molecule has 7 heteroatoms. The number of hydrogen-bond donors (Lipinski definition) is 0. The standard InChI is InChI=1S/C20H21N5O2/c1-14-6-2-3-8-16(14)18-23-17(27-24-18)12-15-7-4-11-25(13-15)20(26)19-21-9-5-10-22-19/h2-3,5-6,8-10,15H,4,7,11-13H2,1H3. The summed E-state index contributed by atoms with van der Waals surface area (Å²) in [6.45, 7) is 3.41. The third kappa shape index (κ3) is 3.86. The van der Waals surface area contributed by atoms with Gasteiger partial charge in [0.2, 0.25) is 17.5 Å². The Balaban J connectivity index is 1.43. The molecule has 1 saturated heterocycles. The molecule has 27 heavy (non-hydrogen) atoms. The van der Waals surface area contributed by atoms with Crippen molar-refractivity contribution < 1.29 is 9.32 Å². The summed E-state index contributed by atoms with van der Waals surface area (Å²) in [5, 5.41) is 4.13. The molecule has 1 unspecified atom stereocenters. The summed E-state index contributed by atoms with van der Waals surface area (Å²) in [6.07, 6.45) is 5.82. The van der Waals surface area contributed by atoms with Gasteiger partial charge in [0.25, 0.3) is 5.91 Å². The maximum atomic E-state index is 12.6. The van der Waals surface area contributed by atoms with Crippen LogP contribution in [-0.2, 0) is 6.42 Å². The fraction of sp³-hybridized carbons (Fsp3) is 0.350. The van der Waals surface area contributed by atoms with E-state index in [0.29, 0.717) is 24.7 Å². The van der Waals surface area contributed by atoms with Gasteiger partial charge in [0.1, 0.15) is 0 Å². The largest absolute Gasteiger partial charge is 0.339 e. The van der Waals surface area contributed by atoms with Gasteiger partial charge in [-0.05, 0) is 37.3 Å². The molecule has 1 atom stereocenters. The summed E-state index contributed by atoms with van der Waals surface area (Å²) in [6, 6.07) is 9.68. The number of carbonyl (C=O) groups is 1. The van der Waals surface area contributed by atoms with E-state index in [1.807, 2.05) is 36.1 Å². The predicted molar refractivity (Wildman–Crippen MR) is 98.8 cm³/mol. The summed E-state index contributed by atoms with van der Waals surface area (Å²) >= 11 is 0. The number of benzene rings is 1. The number of carbonyl (C=O) groups excluding carboxylic acids is 1. The van der Waals surface area contributed by atoms with Crippen LogP contribution >= 0.6 is 0 Å². The summed E-state index contributed by atoms with van der Waals surface area (Å²) in [5.41, 5.74) is 2.09. The van der Waals surface area contributed by atoms with Crippen molar-refractivity contribution in [2.75, 3.05) is 13.1 Å². The van der Waals surface area contributed by atoms with Crippen molar-refractivity contribution in [1.82, 2.24) is 25.0 Å². The Bertz CT molecular complexity index is 925. The first-order valence-electron chi connectivity index (χ1n) is 9.15. The monoisotopic (exact) mass is 363 g/mol. The van der Waals surface area contributed by atoms with Crippen LogP contribution in [-0.4, -0.2) is 44.0 Å². The van der Waals surface area contributed by atoms with E-state index in [0.717, 1.165) is 30.5 Å². The minimum absolute atomic E-state index is 0.119. The van der Waals surface area contributed by atoms with Crippen LogP contribution in [0.25, 0.3) is 11.4 Å². The second kappa shape index (κ2) is 7.65. The van der Waals surface area contributed by atoms with Gasteiger partial charge >= 0.3 is 0 Å². The summed E-state index contributed by atoms with van der Waals surface area (Å²) in [5.74, 6) is 1.65. The van der Waals surface area contributed by atoms with Crippen LogP contribution in [0.3, 0.4) is 0 Å². The molecule has 1 aromatic carbocycles. The molecule has 0 aliphatic carbocycles. The molecule has 1 amide bonds. The second-order valence-electron chi connectivity index (χ2n) is 6.86. The predicted octanol–water partition coefficient (Wildman–Crippen LogP) is 2.93. The van der Waals surface area contributed by atoms with Crippen molar-refractivity contribution >= 4 is 5.91 Å². The summed E-state index contributed by atoms with van der Waals surface area (Å²) in [4.78, 5) is 27.1. The van der Waals surface area contributed by atoms with Crippen LogP contribution in [0.15, 0.2) is 47.2 Å². The zero-order valence-electron chi connectivity index (χ0n) is 15.2. The molecule has 0 N–H and O–H groups in total. The highest BCUT2D eigenvalue weighted by molar-refractivity contribution is 5.90. The quantitative estimate of drug-likeness (QED) is 0.708. The number of likely N-dealkylation sites (tertiary alicyclic amines) is 1. The van der Waals surface area contributed by atoms with E-state index in [9.17, 15) is 4.79 Å². The maximum Gasteiger partial charge on any atom is 0.291 e. The number of aryl methyl sites for hydroxylation is 1. The highest BCUT2D eigenvalue weighted by Gasteiger charge is 2.27. The highest BCUT2D eigenvalue weighted by atomic mass is 16.5. The van der Waals surface area contributed by atoms with Gasteiger partial charge in [0, 0.05) is 37.5 Å². The molecule has 138 valence electrons. The molecule has 4 rings (SSSR count). The molecular formula is C20H21N5O2. The maximum absolute atomic E-state index is 12.6. The van der Waals surface area contributed by atoms with Crippen molar-refractivity contribution in [3.63, 3.8) is 0 Å². The summed E-state index contributed by atoms with van der Waals surface area (Å²) < 4.78 is 5.47. The Morgan fingerprint density at radius 3 is 2.85 bits per heavy atom. The first-order valence-corrected chi connectivity index (χ1v) is 9.15. The van der Waals surface area contributed by atoms with Crippen LogP contribution in [0.4, 0.5) is 0 Å². The lowest BCUT2D eigenvalue weighted by atomic mass is 9.94. The lowest BCUT2D eigenvalue weighted by molar-refractivity contribution is 0.0655. The fourth-order valence-corrected chi connectivity index (χ4v) is 3.49. The third-order valence-electron chi connectivity index (χ3n) is 4.88. The smallest absolute Gasteiger partial charge is 0.291 e. The van der Waals surface area contributed by atoms with Crippen molar-refractivity contribution in [2.24, 2.45) is 5.92 Å². The third-order valence-corrected chi connectivity index (χ3v) is 4.88. The first kappa shape index (κ1) is 17.3.